The maximum atomic E-state index is 12.5. The number of aryl methyl sites for hydroxylation is 2. The van der Waals surface area contributed by atoms with Crippen molar-refractivity contribution in [1.82, 2.24) is 9.88 Å². The largest absolute Gasteiger partial charge is 0.480 e. The zero-order valence-corrected chi connectivity index (χ0v) is 12.2. The van der Waals surface area contributed by atoms with Gasteiger partial charge < -0.3 is 10.0 Å². The van der Waals surface area contributed by atoms with Gasteiger partial charge in [-0.05, 0) is 32.6 Å². The van der Waals surface area contributed by atoms with Gasteiger partial charge in [0.1, 0.15) is 10.9 Å². The van der Waals surface area contributed by atoms with Crippen LogP contribution in [0, 0.1) is 19.8 Å². The summed E-state index contributed by atoms with van der Waals surface area (Å²) in [5, 5.41) is 10.2. The predicted octanol–water partition coefficient (Wildman–Crippen LogP) is 2.09. The zero-order chi connectivity index (χ0) is 14.2. The molecule has 1 N–H and O–H groups in total. The Morgan fingerprint density at radius 2 is 2.11 bits per heavy atom. The number of aromatic nitrogens is 1. The van der Waals surface area contributed by atoms with Crippen LogP contribution < -0.4 is 0 Å². The minimum atomic E-state index is -0.917. The number of rotatable bonds is 2. The summed E-state index contributed by atoms with van der Waals surface area (Å²) >= 11 is 1.34. The van der Waals surface area contributed by atoms with E-state index in [1.807, 2.05) is 13.8 Å². The quantitative estimate of drug-likeness (QED) is 0.901. The number of hydrogen-bond acceptors (Lipinski definition) is 4. The van der Waals surface area contributed by atoms with Crippen molar-refractivity contribution in [1.29, 1.82) is 0 Å². The molecule has 0 saturated carbocycles. The van der Waals surface area contributed by atoms with Crippen molar-refractivity contribution >= 4 is 23.2 Å². The summed E-state index contributed by atoms with van der Waals surface area (Å²) in [6.07, 6.45) is 1.70. The molecule has 1 fully saturated rings. The van der Waals surface area contributed by atoms with Gasteiger partial charge in [0.05, 0.1) is 10.7 Å². The van der Waals surface area contributed by atoms with Gasteiger partial charge in [0.25, 0.3) is 5.91 Å². The van der Waals surface area contributed by atoms with Crippen LogP contribution in [0.2, 0.25) is 0 Å². The van der Waals surface area contributed by atoms with E-state index in [2.05, 4.69) is 4.98 Å². The lowest BCUT2D eigenvalue weighted by molar-refractivity contribution is -0.145. The molecule has 6 heteroatoms. The lowest BCUT2D eigenvalue weighted by atomic mass is 9.90. The molecule has 0 aliphatic carbocycles. The highest BCUT2D eigenvalue weighted by Crippen LogP contribution is 2.27. The summed E-state index contributed by atoms with van der Waals surface area (Å²) < 4.78 is 0. The lowest BCUT2D eigenvalue weighted by Crippen LogP contribution is -2.51. The third-order valence-corrected chi connectivity index (χ3v) is 4.61. The van der Waals surface area contributed by atoms with Crippen LogP contribution in [0.4, 0.5) is 0 Å². The van der Waals surface area contributed by atoms with Crippen molar-refractivity contribution in [3.8, 4) is 0 Å². The summed E-state index contributed by atoms with van der Waals surface area (Å²) in [7, 11) is 0. The lowest BCUT2D eigenvalue weighted by Gasteiger charge is -2.37. The number of likely N-dealkylation sites (tertiary alicyclic amines) is 1. The van der Waals surface area contributed by atoms with Crippen LogP contribution in [-0.2, 0) is 4.79 Å². The summed E-state index contributed by atoms with van der Waals surface area (Å²) in [5.41, 5.74) is 0.690. The molecule has 1 aliphatic heterocycles. The molecule has 0 radical (unpaired) electrons. The molecule has 0 spiro atoms. The van der Waals surface area contributed by atoms with E-state index in [4.69, 9.17) is 0 Å². The predicted molar refractivity (Wildman–Crippen MR) is 72.4 cm³/mol. The molecule has 1 saturated heterocycles. The van der Waals surface area contributed by atoms with Crippen molar-refractivity contribution in [3.63, 3.8) is 0 Å². The van der Waals surface area contributed by atoms with Crippen molar-refractivity contribution in [2.45, 2.75) is 39.7 Å². The first-order valence-corrected chi connectivity index (χ1v) is 7.21. The standard InChI is InChI=1S/C13H18N2O3S/c1-7-5-4-6-15(10(7)13(17)18)12(16)11-8(2)14-9(3)19-11/h7,10H,4-6H2,1-3H3,(H,17,18). The number of hydrogen-bond donors (Lipinski definition) is 1. The number of piperidine rings is 1. The van der Waals surface area contributed by atoms with Gasteiger partial charge in [-0.1, -0.05) is 6.92 Å². The first-order valence-electron chi connectivity index (χ1n) is 6.39. The van der Waals surface area contributed by atoms with Crippen LogP contribution >= 0.6 is 11.3 Å². The highest BCUT2D eigenvalue weighted by molar-refractivity contribution is 7.13. The molecule has 104 valence electrons. The molecule has 1 aliphatic rings. The third-order valence-electron chi connectivity index (χ3n) is 3.54. The number of amides is 1. The average molecular weight is 282 g/mol. The molecule has 2 rings (SSSR count). The number of carbonyl (C=O) groups is 2. The minimum Gasteiger partial charge on any atom is -0.480 e. The molecule has 1 aromatic heterocycles. The normalized spacial score (nSPS) is 23.4. The second-order valence-corrected chi connectivity index (χ2v) is 6.25. The van der Waals surface area contributed by atoms with Crippen molar-refractivity contribution < 1.29 is 14.7 Å². The molecular weight excluding hydrogens is 264 g/mol. The molecule has 5 nitrogen and oxygen atoms in total. The van der Waals surface area contributed by atoms with Crippen LogP contribution in [0.1, 0.15) is 40.1 Å². The number of carbonyl (C=O) groups excluding carboxylic acids is 1. The minimum absolute atomic E-state index is 0.00970. The van der Waals surface area contributed by atoms with E-state index >= 15 is 0 Å². The van der Waals surface area contributed by atoms with E-state index in [9.17, 15) is 14.7 Å². The molecule has 2 atom stereocenters. The SMILES string of the molecule is Cc1nc(C)c(C(=O)N2CCCC(C)C2C(=O)O)s1. The molecule has 19 heavy (non-hydrogen) atoms. The van der Waals surface area contributed by atoms with Crippen LogP contribution in [-0.4, -0.2) is 39.5 Å². The van der Waals surface area contributed by atoms with Crippen molar-refractivity contribution in [2.75, 3.05) is 6.54 Å². The second-order valence-electron chi connectivity index (χ2n) is 5.05. The first kappa shape index (κ1) is 14.0. The van der Waals surface area contributed by atoms with E-state index in [1.165, 1.54) is 16.2 Å². The second kappa shape index (κ2) is 5.28. The number of carboxylic acids is 1. The number of thiazole rings is 1. The monoisotopic (exact) mass is 282 g/mol. The molecule has 0 aromatic carbocycles. The average Bonchev–Trinajstić information content (AvgIpc) is 2.66. The van der Waals surface area contributed by atoms with Crippen molar-refractivity contribution in [2.24, 2.45) is 5.92 Å². The summed E-state index contributed by atoms with van der Waals surface area (Å²) in [4.78, 5) is 30.2. The van der Waals surface area contributed by atoms with Gasteiger partial charge in [-0.2, -0.15) is 0 Å². The fourth-order valence-corrected chi connectivity index (χ4v) is 3.53. The topological polar surface area (TPSA) is 70.5 Å². The van der Waals surface area contributed by atoms with Gasteiger partial charge in [0, 0.05) is 6.54 Å². The van der Waals surface area contributed by atoms with Gasteiger partial charge in [0.15, 0.2) is 0 Å². The van der Waals surface area contributed by atoms with Gasteiger partial charge in [-0.3, -0.25) is 4.79 Å². The highest BCUT2D eigenvalue weighted by Gasteiger charge is 2.38. The van der Waals surface area contributed by atoms with Gasteiger partial charge >= 0.3 is 5.97 Å². The molecule has 1 aromatic rings. The number of aliphatic carboxylic acids is 1. The summed E-state index contributed by atoms with van der Waals surface area (Å²) in [6.45, 7) is 6.04. The van der Waals surface area contributed by atoms with Crippen LogP contribution in [0.25, 0.3) is 0 Å². The van der Waals surface area contributed by atoms with Gasteiger partial charge in [-0.25, -0.2) is 9.78 Å². The molecule has 2 heterocycles. The molecule has 1 amide bonds. The highest BCUT2D eigenvalue weighted by atomic mass is 32.1. The van der Waals surface area contributed by atoms with Crippen LogP contribution in [0.5, 0.6) is 0 Å². The third kappa shape index (κ3) is 2.63. The Hall–Kier alpha value is -1.43. The maximum absolute atomic E-state index is 12.5. The smallest absolute Gasteiger partial charge is 0.326 e. The van der Waals surface area contributed by atoms with Gasteiger partial charge in [0.2, 0.25) is 0 Å². The van der Waals surface area contributed by atoms with E-state index < -0.39 is 12.0 Å². The Morgan fingerprint density at radius 3 is 2.63 bits per heavy atom. The summed E-state index contributed by atoms with van der Waals surface area (Å²) in [6, 6.07) is -0.719. The van der Waals surface area contributed by atoms with Gasteiger partial charge in [-0.15, -0.1) is 11.3 Å². The first-order chi connectivity index (χ1) is 8.91. The van der Waals surface area contributed by atoms with E-state index in [0.29, 0.717) is 17.1 Å². The zero-order valence-electron chi connectivity index (χ0n) is 11.3. The Balaban J connectivity index is 2.30. The van der Waals surface area contributed by atoms with E-state index in [0.717, 1.165) is 17.8 Å². The summed E-state index contributed by atoms with van der Waals surface area (Å²) in [5.74, 6) is -1.12. The molecule has 2 unspecified atom stereocenters. The number of nitrogens with zero attached hydrogens (tertiary/aromatic N) is 2. The van der Waals surface area contributed by atoms with E-state index in [-0.39, 0.29) is 11.8 Å². The van der Waals surface area contributed by atoms with Crippen LogP contribution in [0.15, 0.2) is 0 Å². The van der Waals surface area contributed by atoms with Crippen LogP contribution in [0.3, 0.4) is 0 Å². The van der Waals surface area contributed by atoms with Crippen molar-refractivity contribution in [3.05, 3.63) is 15.6 Å². The maximum Gasteiger partial charge on any atom is 0.326 e. The Kier molecular flexibility index (Phi) is 3.89. The Bertz CT molecular complexity index is 512. The van der Waals surface area contributed by atoms with E-state index in [1.54, 1.807) is 6.92 Å². The fourth-order valence-electron chi connectivity index (χ4n) is 2.65. The fraction of sp³-hybridized carbons (Fsp3) is 0.615. The number of carboxylic acid groups (broad SMARTS) is 1. The molecular formula is C13H18N2O3S. The Morgan fingerprint density at radius 1 is 1.42 bits per heavy atom. The Labute approximate surface area is 116 Å². The molecule has 0 bridgehead atoms.